The van der Waals surface area contributed by atoms with Crippen LogP contribution in [0.15, 0.2) is 29.6 Å². The first kappa shape index (κ1) is 15.7. The van der Waals surface area contributed by atoms with Gasteiger partial charge in [-0.05, 0) is 48.6 Å². The molecule has 1 amide bonds. The molecule has 0 aliphatic carbocycles. The molecule has 0 spiro atoms. The minimum absolute atomic E-state index is 0.0251. The molecule has 3 nitrogen and oxygen atoms in total. The maximum atomic E-state index is 12.5. The lowest BCUT2D eigenvalue weighted by Crippen LogP contribution is -2.42. The van der Waals surface area contributed by atoms with E-state index in [4.69, 9.17) is 27.9 Å². The highest BCUT2D eigenvalue weighted by Gasteiger charge is 2.26. The fourth-order valence-electron chi connectivity index (χ4n) is 2.51. The summed E-state index contributed by atoms with van der Waals surface area (Å²) in [6.07, 6.45) is 0.325. The summed E-state index contributed by atoms with van der Waals surface area (Å²) in [5, 5.41) is 3.02. The van der Waals surface area contributed by atoms with Gasteiger partial charge in [-0.25, -0.2) is 0 Å². The molecule has 1 atom stereocenters. The Labute approximate surface area is 143 Å². The number of halogens is 2. The van der Waals surface area contributed by atoms with E-state index in [-0.39, 0.29) is 5.91 Å². The van der Waals surface area contributed by atoms with Crippen molar-refractivity contribution in [2.75, 3.05) is 6.54 Å². The molecule has 116 valence electrons. The van der Waals surface area contributed by atoms with Crippen LogP contribution in [0.3, 0.4) is 0 Å². The van der Waals surface area contributed by atoms with Gasteiger partial charge in [0, 0.05) is 23.0 Å². The Bertz CT molecular complexity index is 701. The van der Waals surface area contributed by atoms with Crippen LogP contribution in [0.25, 0.3) is 0 Å². The fourth-order valence-corrected chi connectivity index (χ4v) is 3.85. The Morgan fingerprint density at radius 3 is 2.95 bits per heavy atom. The van der Waals surface area contributed by atoms with Gasteiger partial charge in [-0.3, -0.25) is 4.79 Å². The van der Waals surface area contributed by atoms with Gasteiger partial charge >= 0.3 is 0 Å². The number of fused-ring (bicyclic) bond motifs is 1. The van der Waals surface area contributed by atoms with Crippen LogP contribution in [0, 0.1) is 0 Å². The molecule has 1 aromatic carbocycles. The van der Waals surface area contributed by atoms with Crippen molar-refractivity contribution in [2.24, 2.45) is 0 Å². The number of hydrogen-bond acceptors (Lipinski definition) is 3. The molecular weight excluding hydrogens is 341 g/mol. The van der Waals surface area contributed by atoms with Crippen LogP contribution in [0.4, 0.5) is 0 Å². The number of rotatable bonds is 3. The average molecular weight is 356 g/mol. The standard InChI is InChI=1S/C16H15Cl2NO2S/c1-10(21-14-3-2-12(17)8-13(14)18)16(20)19-6-4-15-11(9-19)5-7-22-15/h2-3,5,7-8,10H,4,6,9H2,1H3/t10-/m1/s1. The van der Waals surface area contributed by atoms with Gasteiger partial charge in [0.15, 0.2) is 6.10 Å². The largest absolute Gasteiger partial charge is 0.479 e. The number of thiophene rings is 1. The minimum Gasteiger partial charge on any atom is -0.479 e. The lowest BCUT2D eigenvalue weighted by Gasteiger charge is -2.29. The topological polar surface area (TPSA) is 29.5 Å². The molecule has 0 saturated heterocycles. The van der Waals surface area contributed by atoms with Crippen LogP contribution in [0.5, 0.6) is 5.75 Å². The zero-order chi connectivity index (χ0) is 15.7. The summed E-state index contributed by atoms with van der Waals surface area (Å²) in [5.41, 5.74) is 1.24. The summed E-state index contributed by atoms with van der Waals surface area (Å²) in [6.45, 7) is 3.13. The molecule has 0 unspecified atom stereocenters. The van der Waals surface area contributed by atoms with Gasteiger partial charge in [0.05, 0.1) is 5.02 Å². The van der Waals surface area contributed by atoms with E-state index < -0.39 is 6.10 Å². The number of amides is 1. The van der Waals surface area contributed by atoms with Crippen molar-refractivity contribution in [3.63, 3.8) is 0 Å². The first-order chi connectivity index (χ1) is 10.5. The fraction of sp³-hybridized carbons (Fsp3) is 0.312. The van der Waals surface area contributed by atoms with Crippen LogP contribution < -0.4 is 4.74 Å². The number of ether oxygens (including phenoxy) is 1. The molecule has 0 radical (unpaired) electrons. The number of carbonyl (C=O) groups is 1. The summed E-state index contributed by atoms with van der Waals surface area (Å²) >= 11 is 13.7. The summed E-state index contributed by atoms with van der Waals surface area (Å²) < 4.78 is 5.71. The van der Waals surface area contributed by atoms with Crippen molar-refractivity contribution in [1.29, 1.82) is 0 Å². The molecule has 2 heterocycles. The number of carbonyl (C=O) groups excluding carboxylic acids is 1. The number of nitrogens with zero attached hydrogens (tertiary/aromatic N) is 1. The van der Waals surface area contributed by atoms with Gasteiger partial charge in [0.25, 0.3) is 5.91 Å². The zero-order valence-electron chi connectivity index (χ0n) is 12.0. The number of hydrogen-bond donors (Lipinski definition) is 0. The first-order valence-corrected chi connectivity index (χ1v) is 8.64. The molecule has 22 heavy (non-hydrogen) atoms. The smallest absolute Gasteiger partial charge is 0.263 e. The van der Waals surface area contributed by atoms with E-state index in [1.165, 1.54) is 10.4 Å². The molecule has 1 aliphatic rings. The normalized spacial score (nSPS) is 15.3. The van der Waals surface area contributed by atoms with Crippen molar-refractivity contribution >= 4 is 40.4 Å². The monoisotopic (exact) mass is 355 g/mol. The molecule has 0 saturated carbocycles. The van der Waals surface area contributed by atoms with Crippen molar-refractivity contribution in [3.05, 3.63) is 50.1 Å². The van der Waals surface area contributed by atoms with Crippen LogP contribution in [0.2, 0.25) is 10.0 Å². The van der Waals surface area contributed by atoms with Crippen molar-refractivity contribution in [3.8, 4) is 5.75 Å². The van der Waals surface area contributed by atoms with E-state index in [1.54, 1.807) is 36.5 Å². The molecule has 1 aliphatic heterocycles. The Kier molecular flexibility index (Phi) is 4.62. The Morgan fingerprint density at radius 1 is 1.36 bits per heavy atom. The lowest BCUT2D eigenvalue weighted by molar-refractivity contribution is -0.138. The van der Waals surface area contributed by atoms with Crippen LogP contribution in [0.1, 0.15) is 17.4 Å². The highest BCUT2D eigenvalue weighted by atomic mass is 35.5. The maximum absolute atomic E-state index is 12.5. The van der Waals surface area contributed by atoms with Gasteiger partial charge in [0.2, 0.25) is 0 Å². The summed E-state index contributed by atoms with van der Waals surface area (Å²) in [7, 11) is 0. The number of benzene rings is 1. The van der Waals surface area contributed by atoms with E-state index in [1.807, 2.05) is 4.90 Å². The van der Waals surface area contributed by atoms with Crippen LogP contribution in [-0.4, -0.2) is 23.5 Å². The van der Waals surface area contributed by atoms with Crippen molar-refractivity contribution in [2.45, 2.75) is 26.0 Å². The summed E-state index contributed by atoms with van der Waals surface area (Å²) in [5.74, 6) is 0.447. The van der Waals surface area contributed by atoms with E-state index in [2.05, 4.69) is 11.4 Å². The second kappa shape index (κ2) is 6.49. The highest BCUT2D eigenvalue weighted by Crippen LogP contribution is 2.29. The van der Waals surface area contributed by atoms with E-state index >= 15 is 0 Å². The van der Waals surface area contributed by atoms with Gasteiger partial charge in [-0.1, -0.05) is 23.2 Å². The third-order valence-electron chi connectivity index (χ3n) is 3.66. The van der Waals surface area contributed by atoms with E-state index in [0.717, 1.165) is 13.0 Å². The van der Waals surface area contributed by atoms with Crippen LogP contribution in [-0.2, 0) is 17.8 Å². The lowest BCUT2D eigenvalue weighted by atomic mass is 10.1. The third-order valence-corrected chi connectivity index (χ3v) is 5.22. The highest BCUT2D eigenvalue weighted by molar-refractivity contribution is 7.10. The average Bonchev–Trinajstić information content (AvgIpc) is 2.96. The Morgan fingerprint density at radius 2 is 2.18 bits per heavy atom. The molecular formula is C16H15Cl2NO2S. The Balaban J connectivity index is 1.67. The molecule has 3 rings (SSSR count). The van der Waals surface area contributed by atoms with E-state index in [9.17, 15) is 4.79 Å². The molecule has 2 aromatic rings. The van der Waals surface area contributed by atoms with Gasteiger partial charge < -0.3 is 9.64 Å². The van der Waals surface area contributed by atoms with E-state index in [0.29, 0.717) is 22.3 Å². The van der Waals surface area contributed by atoms with Crippen molar-refractivity contribution < 1.29 is 9.53 Å². The first-order valence-electron chi connectivity index (χ1n) is 7.00. The van der Waals surface area contributed by atoms with Crippen molar-refractivity contribution in [1.82, 2.24) is 4.90 Å². The zero-order valence-corrected chi connectivity index (χ0v) is 14.3. The third kappa shape index (κ3) is 3.24. The summed E-state index contributed by atoms with van der Waals surface area (Å²) in [4.78, 5) is 15.8. The van der Waals surface area contributed by atoms with Gasteiger partial charge in [0.1, 0.15) is 5.75 Å². The molecule has 1 aromatic heterocycles. The predicted molar refractivity (Wildman–Crippen MR) is 90.0 cm³/mol. The molecule has 6 heteroatoms. The van der Waals surface area contributed by atoms with Crippen LogP contribution >= 0.6 is 34.5 Å². The predicted octanol–water partition coefficient (Wildman–Crippen LogP) is 4.41. The summed E-state index contributed by atoms with van der Waals surface area (Å²) in [6, 6.07) is 7.06. The molecule has 0 fully saturated rings. The molecule has 0 bridgehead atoms. The maximum Gasteiger partial charge on any atom is 0.263 e. The molecule has 0 N–H and O–H groups in total. The quantitative estimate of drug-likeness (QED) is 0.816. The minimum atomic E-state index is -0.584. The second-order valence-electron chi connectivity index (χ2n) is 5.21. The Hall–Kier alpha value is -1.23. The SMILES string of the molecule is C[C@@H](Oc1ccc(Cl)cc1Cl)C(=O)N1CCc2sccc2C1. The second-order valence-corrected chi connectivity index (χ2v) is 7.06. The van der Waals surface area contributed by atoms with Gasteiger partial charge in [-0.15, -0.1) is 11.3 Å². The van der Waals surface area contributed by atoms with Gasteiger partial charge in [-0.2, -0.15) is 0 Å².